The van der Waals surface area contributed by atoms with Gasteiger partial charge in [0.1, 0.15) is 6.61 Å². The van der Waals surface area contributed by atoms with Crippen molar-refractivity contribution >= 4 is 39.4 Å². The van der Waals surface area contributed by atoms with Gasteiger partial charge in [-0.1, -0.05) is 41.4 Å². The van der Waals surface area contributed by atoms with E-state index in [2.05, 4.69) is 15.2 Å². The summed E-state index contributed by atoms with van der Waals surface area (Å²) in [6, 6.07) is 25.3. The highest BCUT2D eigenvalue weighted by Gasteiger charge is 2.14. The molecule has 4 aromatic carbocycles. The maximum absolute atomic E-state index is 12.6. The lowest BCUT2D eigenvalue weighted by Gasteiger charge is -2.12. The van der Waals surface area contributed by atoms with Crippen LogP contribution < -0.4 is 19.6 Å². The normalized spacial score (nSPS) is 11.3. The number of carbonyl (C=O) groups excluding carboxylic acids is 1. The molecule has 40 heavy (non-hydrogen) atoms. The van der Waals surface area contributed by atoms with Gasteiger partial charge in [0.2, 0.25) is 0 Å². The van der Waals surface area contributed by atoms with Gasteiger partial charge in [-0.15, -0.1) is 0 Å². The SMILES string of the molecule is CCOc1cc(/C=N/NC(=O)c2ccc(NS(=O)(=O)c3ccc(C)cc3)cc2)ccc1OCc1ccc(Cl)cc1. The van der Waals surface area contributed by atoms with Crippen LogP contribution in [0.1, 0.15) is 34.0 Å². The molecule has 0 radical (unpaired) electrons. The number of nitrogens with one attached hydrogen (secondary N) is 2. The molecule has 0 aliphatic heterocycles. The molecule has 2 N–H and O–H groups in total. The van der Waals surface area contributed by atoms with Crippen LogP contribution in [-0.4, -0.2) is 27.1 Å². The summed E-state index contributed by atoms with van der Waals surface area (Å²) in [6.45, 7) is 4.56. The average Bonchev–Trinajstić information content (AvgIpc) is 2.94. The lowest BCUT2D eigenvalue weighted by Crippen LogP contribution is -2.18. The largest absolute Gasteiger partial charge is 0.490 e. The van der Waals surface area contributed by atoms with E-state index in [0.29, 0.717) is 46.5 Å². The Bertz CT molecular complexity index is 1590. The molecule has 0 bridgehead atoms. The minimum Gasteiger partial charge on any atom is -0.490 e. The first-order valence-corrected chi connectivity index (χ1v) is 14.3. The van der Waals surface area contributed by atoms with Gasteiger partial charge in [-0.3, -0.25) is 9.52 Å². The topological polar surface area (TPSA) is 106 Å². The van der Waals surface area contributed by atoms with Crippen LogP contribution in [0.3, 0.4) is 0 Å². The number of anilines is 1. The van der Waals surface area contributed by atoms with Crippen LogP contribution in [0, 0.1) is 6.92 Å². The summed E-state index contributed by atoms with van der Waals surface area (Å²) in [4.78, 5) is 12.7. The van der Waals surface area contributed by atoms with Crippen LogP contribution in [0.25, 0.3) is 0 Å². The van der Waals surface area contributed by atoms with Crippen LogP contribution in [0.5, 0.6) is 11.5 Å². The second kappa shape index (κ2) is 13.1. The standard InChI is InChI=1S/C30H28ClN3O5S/c1-3-38-29-18-23(8-17-28(29)39-20-22-6-11-25(31)12-7-22)19-32-33-30(35)24-9-13-26(14-10-24)34-40(36,37)27-15-4-21(2)5-16-27/h4-19,34H,3,20H2,1-2H3,(H,33,35)/b32-19+. The van der Waals surface area contributed by atoms with E-state index in [1.165, 1.54) is 42.6 Å². The van der Waals surface area contributed by atoms with Gasteiger partial charge in [-0.2, -0.15) is 5.10 Å². The second-order valence-electron chi connectivity index (χ2n) is 8.75. The summed E-state index contributed by atoms with van der Waals surface area (Å²) in [6.07, 6.45) is 1.49. The van der Waals surface area contributed by atoms with Crippen LogP contribution in [0.2, 0.25) is 5.02 Å². The molecule has 4 rings (SSSR count). The molecule has 0 saturated carbocycles. The molecule has 8 nitrogen and oxygen atoms in total. The summed E-state index contributed by atoms with van der Waals surface area (Å²) in [5.74, 6) is 0.684. The van der Waals surface area contributed by atoms with Crippen molar-refractivity contribution < 1.29 is 22.7 Å². The molecule has 1 amide bonds. The molecular weight excluding hydrogens is 550 g/mol. The van der Waals surface area contributed by atoms with E-state index < -0.39 is 15.9 Å². The van der Waals surface area contributed by atoms with Crippen molar-refractivity contribution in [1.29, 1.82) is 0 Å². The number of aryl methyl sites for hydroxylation is 1. The Labute approximate surface area is 238 Å². The number of rotatable bonds is 11. The Balaban J connectivity index is 1.35. The maximum atomic E-state index is 12.6. The van der Waals surface area contributed by atoms with E-state index in [1.807, 2.05) is 26.0 Å². The van der Waals surface area contributed by atoms with Crippen LogP contribution in [-0.2, 0) is 16.6 Å². The van der Waals surface area contributed by atoms with Gasteiger partial charge in [-0.05, 0) is 91.7 Å². The number of hydrazone groups is 1. The van der Waals surface area contributed by atoms with Crippen molar-refractivity contribution in [3.05, 3.63) is 118 Å². The quantitative estimate of drug-likeness (QED) is 0.163. The first-order chi connectivity index (χ1) is 19.2. The van der Waals surface area contributed by atoms with Gasteiger partial charge >= 0.3 is 0 Å². The smallest absolute Gasteiger partial charge is 0.271 e. The first kappa shape index (κ1) is 28.7. The van der Waals surface area contributed by atoms with Crippen LogP contribution in [0.15, 0.2) is 101 Å². The predicted molar refractivity (Wildman–Crippen MR) is 157 cm³/mol. The highest BCUT2D eigenvalue weighted by Crippen LogP contribution is 2.29. The maximum Gasteiger partial charge on any atom is 0.271 e. The van der Waals surface area contributed by atoms with E-state index in [9.17, 15) is 13.2 Å². The fourth-order valence-electron chi connectivity index (χ4n) is 3.59. The summed E-state index contributed by atoms with van der Waals surface area (Å²) in [5, 5.41) is 4.69. The van der Waals surface area contributed by atoms with Gasteiger partial charge in [0, 0.05) is 16.3 Å². The summed E-state index contributed by atoms with van der Waals surface area (Å²) in [5.41, 5.74) is 5.75. The van der Waals surface area contributed by atoms with Gasteiger partial charge in [0.05, 0.1) is 17.7 Å². The summed E-state index contributed by atoms with van der Waals surface area (Å²) in [7, 11) is -3.74. The zero-order valence-electron chi connectivity index (χ0n) is 21.9. The van der Waals surface area contributed by atoms with E-state index in [4.69, 9.17) is 21.1 Å². The lowest BCUT2D eigenvalue weighted by atomic mass is 10.2. The molecule has 0 heterocycles. The molecule has 0 fully saturated rings. The molecular formula is C30H28ClN3O5S. The molecule has 0 aliphatic rings. The zero-order chi connectivity index (χ0) is 28.5. The van der Waals surface area contributed by atoms with Gasteiger partial charge in [0.15, 0.2) is 11.5 Å². The van der Waals surface area contributed by atoms with Crippen molar-refractivity contribution in [2.45, 2.75) is 25.3 Å². The van der Waals surface area contributed by atoms with Gasteiger partial charge < -0.3 is 9.47 Å². The number of amides is 1. The Morgan fingerprint density at radius 1 is 0.900 bits per heavy atom. The Kier molecular flexibility index (Phi) is 9.42. The molecule has 0 aliphatic carbocycles. The van der Waals surface area contributed by atoms with Crippen molar-refractivity contribution in [3.8, 4) is 11.5 Å². The number of carbonyl (C=O) groups is 1. The third-order valence-electron chi connectivity index (χ3n) is 5.69. The minimum absolute atomic E-state index is 0.155. The monoisotopic (exact) mass is 577 g/mol. The van der Waals surface area contributed by atoms with Crippen molar-refractivity contribution in [2.24, 2.45) is 5.10 Å². The lowest BCUT2D eigenvalue weighted by molar-refractivity contribution is 0.0955. The van der Waals surface area contributed by atoms with Crippen molar-refractivity contribution in [2.75, 3.05) is 11.3 Å². The zero-order valence-corrected chi connectivity index (χ0v) is 23.5. The summed E-state index contributed by atoms with van der Waals surface area (Å²) < 4.78 is 39.3. The molecule has 0 atom stereocenters. The number of ether oxygens (including phenoxy) is 2. The van der Waals surface area contributed by atoms with Crippen molar-refractivity contribution in [3.63, 3.8) is 0 Å². The molecule has 0 spiro atoms. The number of hydrogen-bond acceptors (Lipinski definition) is 6. The number of nitrogens with zero attached hydrogens (tertiary/aromatic N) is 1. The number of sulfonamides is 1. The van der Waals surface area contributed by atoms with E-state index >= 15 is 0 Å². The Morgan fingerprint density at radius 2 is 1.60 bits per heavy atom. The van der Waals surface area contributed by atoms with Crippen molar-refractivity contribution in [1.82, 2.24) is 5.43 Å². The third kappa shape index (κ3) is 7.84. The number of hydrogen-bond donors (Lipinski definition) is 2. The predicted octanol–water partition coefficient (Wildman–Crippen LogP) is 6.19. The third-order valence-corrected chi connectivity index (χ3v) is 7.33. The Hall–Kier alpha value is -4.34. The molecule has 10 heteroatoms. The van der Waals surface area contributed by atoms with E-state index in [1.54, 1.807) is 42.5 Å². The fraction of sp³-hybridized carbons (Fsp3) is 0.133. The number of halogens is 1. The summed E-state index contributed by atoms with van der Waals surface area (Å²) >= 11 is 5.94. The molecule has 0 saturated heterocycles. The minimum atomic E-state index is -3.74. The fourth-order valence-corrected chi connectivity index (χ4v) is 4.77. The molecule has 0 aromatic heterocycles. The van der Waals surface area contributed by atoms with E-state index in [-0.39, 0.29) is 4.90 Å². The molecule has 0 unspecified atom stereocenters. The average molecular weight is 578 g/mol. The van der Waals surface area contributed by atoms with Gasteiger partial charge in [-0.25, -0.2) is 13.8 Å². The van der Waals surface area contributed by atoms with E-state index in [0.717, 1.165) is 11.1 Å². The molecule has 206 valence electrons. The Morgan fingerprint density at radius 3 is 2.27 bits per heavy atom. The second-order valence-corrected chi connectivity index (χ2v) is 10.9. The first-order valence-electron chi connectivity index (χ1n) is 12.4. The van der Waals surface area contributed by atoms with Crippen LogP contribution in [0.4, 0.5) is 5.69 Å². The highest BCUT2D eigenvalue weighted by molar-refractivity contribution is 7.92. The van der Waals surface area contributed by atoms with Gasteiger partial charge in [0.25, 0.3) is 15.9 Å². The number of benzene rings is 4. The molecule has 4 aromatic rings. The highest BCUT2D eigenvalue weighted by atomic mass is 35.5. The van der Waals surface area contributed by atoms with Crippen LogP contribution >= 0.6 is 11.6 Å².